The van der Waals surface area contributed by atoms with Crippen molar-refractivity contribution in [2.45, 2.75) is 51.6 Å². The number of amides is 2. The molecule has 8 nitrogen and oxygen atoms in total. The third kappa shape index (κ3) is 5.46. The first-order chi connectivity index (χ1) is 15.9. The Morgan fingerprint density at radius 2 is 1.76 bits per heavy atom. The number of nitrogens with one attached hydrogen (secondary N) is 3. The molecule has 2 amide bonds. The smallest absolute Gasteiger partial charge is 0.253 e. The Bertz CT molecular complexity index is 1120. The predicted molar refractivity (Wildman–Crippen MR) is 125 cm³/mol. The number of para-hydroxylation sites is 1. The molecular weight excluding hydrogens is 418 g/mol. The molecule has 0 unspecified atom stereocenters. The molecule has 3 aromatic rings. The maximum atomic E-state index is 12.8. The summed E-state index contributed by atoms with van der Waals surface area (Å²) in [5.41, 5.74) is 2.61. The van der Waals surface area contributed by atoms with Crippen LogP contribution in [0.5, 0.6) is 0 Å². The molecule has 3 N–H and O–H groups in total. The Labute approximate surface area is 193 Å². The van der Waals surface area contributed by atoms with Gasteiger partial charge < -0.3 is 15.2 Å². The van der Waals surface area contributed by atoms with Gasteiger partial charge in [0, 0.05) is 13.5 Å². The van der Waals surface area contributed by atoms with Gasteiger partial charge in [0.05, 0.1) is 23.3 Å². The second kappa shape index (κ2) is 9.95. The quantitative estimate of drug-likeness (QED) is 0.487. The Morgan fingerprint density at radius 3 is 2.45 bits per heavy atom. The van der Waals surface area contributed by atoms with Crippen LogP contribution in [0.25, 0.3) is 0 Å². The number of carbonyl (C=O) groups is 2. The van der Waals surface area contributed by atoms with Crippen molar-refractivity contribution in [3.05, 3.63) is 76.9 Å². The fraction of sp³-hybridized carbons (Fsp3) is 0.360. The number of benzene rings is 2. The molecule has 0 saturated heterocycles. The maximum Gasteiger partial charge on any atom is 0.253 e. The summed E-state index contributed by atoms with van der Waals surface area (Å²) in [5, 5.41) is 13.2. The number of hydrogen-bond acceptors (Lipinski definition) is 6. The zero-order valence-corrected chi connectivity index (χ0v) is 19.0. The van der Waals surface area contributed by atoms with Crippen molar-refractivity contribution < 1.29 is 14.1 Å². The fourth-order valence-corrected chi connectivity index (χ4v) is 4.17. The summed E-state index contributed by atoms with van der Waals surface area (Å²) in [6, 6.07) is 15.0. The van der Waals surface area contributed by atoms with Gasteiger partial charge in [0.2, 0.25) is 11.8 Å². The first kappa shape index (κ1) is 22.7. The van der Waals surface area contributed by atoms with Gasteiger partial charge in [0.15, 0.2) is 5.82 Å². The molecule has 4 rings (SSSR count). The van der Waals surface area contributed by atoms with Gasteiger partial charge in [-0.1, -0.05) is 60.0 Å². The van der Waals surface area contributed by atoms with E-state index in [1.54, 1.807) is 31.2 Å². The molecule has 0 radical (unpaired) electrons. The summed E-state index contributed by atoms with van der Waals surface area (Å²) in [6.07, 6.45) is 3.76. The van der Waals surface area contributed by atoms with Gasteiger partial charge in [-0.25, -0.2) is 0 Å². The second-order valence-corrected chi connectivity index (χ2v) is 8.54. The summed E-state index contributed by atoms with van der Waals surface area (Å²) in [7, 11) is 0. The summed E-state index contributed by atoms with van der Waals surface area (Å²) < 4.78 is 5.16. The standard InChI is InChI=1S/C25H29N5O3/c1-17-9-11-19(12-10-17)15-26-23(32)20-7-3-4-8-21(20)29-22(31)16-27-25(13-5-6-14-25)24-28-18(2)33-30-24/h3-4,7-12,27H,5-6,13-16H2,1-2H3,(H,26,32)(H,29,31). The van der Waals surface area contributed by atoms with E-state index in [4.69, 9.17) is 4.52 Å². The molecular formula is C25H29N5O3. The minimum atomic E-state index is -0.458. The predicted octanol–water partition coefficient (Wildman–Crippen LogP) is 3.61. The highest BCUT2D eigenvalue weighted by Crippen LogP contribution is 2.37. The minimum absolute atomic E-state index is 0.0763. The summed E-state index contributed by atoms with van der Waals surface area (Å²) in [5.74, 6) is 0.628. The van der Waals surface area contributed by atoms with Crippen molar-refractivity contribution in [1.29, 1.82) is 0 Å². The molecule has 1 aliphatic carbocycles. The summed E-state index contributed by atoms with van der Waals surface area (Å²) >= 11 is 0. The zero-order valence-electron chi connectivity index (χ0n) is 19.0. The lowest BCUT2D eigenvalue weighted by atomic mass is 9.96. The van der Waals surface area contributed by atoms with E-state index in [9.17, 15) is 9.59 Å². The van der Waals surface area contributed by atoms with Crippen molar-refractivity contribution in [1.82, 2.24) is 20.8 Å². The van der Waals surface area contributed by atoms with Crippen LogP contribution in [-0.4, -0.2) is 28.5 Å². The lowest BCUT2D eigenvalue weighted by Gasteiger charge is -2.26. The largest absolute Gasteiger partial charge is 0.348 e. The highest BCUT2D eigenvalue weighted by molar-refractivity contribution is 6.04. The molecule has 0 atom stereocenters. The number of aryl methyl sites for hydroxylation is 2. The molecule has 0 aliphatic heterocycles. The molecule has 1 heterocycles. The van der Waals surface area contributed by atoms with Crippen molar-refractivity contribution in [3.63, 3.8) is 0 Å². The van der Waals surface area contributed by atoms with E-state index in [2.05, 4.69) is 26.1 Å². The normalized spacial score (nSPS) is 14.7. The van der Waals surface area contributed by atoms with Gasteiger partial charge in [0.1, 0.15) is 0 Å². The molecule has 1 aliphatic rings. The van der Waals surface area contributed by atoms with E-state index in [0.29, 0.717) is 29.5 Å². The lowest BCUT2D eigenvalue weighted by Crippen LogP contribution is -2.45. The van der Waals surface area contributed by atoms with E-state index >= 15 is 0 Å². The molecule has 2 aromatic carbocycles. The van der Waals surface area contributed by atoms with Crippen LogP contribution in [0.4, 0.5) is 5.69 Å². The van der Waals surface area contributed by atoms with Crippen molar-refractivity contribution >= 4 is 17.5 Å². The van der Waals surface area contributed by atoms with E-state index in [1.165, 1.54) is 5.56 Å². The highest BCUT2D eigenvalue weighted by atomic mass is 16.5. The van der Waals surface area contributed by atoms with E-state index in [-0.39, 0.29) is 18.4 Å². The van der Waals surface area contributed by atoms with Crippen LogP contribution in [0.3, 0.4) is 0 Å². The van der Waals surface area contributed by atoms with Crippen molar-refractivity contribution in [3.8, 4) is 0 Å². The number of aromatic nitrogens is 2. The number of hydrogen-bond donors (Lipinski definition) is 3. The van der Waals surface area contributed by atoms with Crippen LogP contribution in [0, 0.1) is 13.8 Å². The average molecular weight is 448 g/mol. The van der Waals surface area contributed by atoms with Crippen LogP contribution in [0.2, 0.25) is 0 Å². The Kier molecular flexibility index (Phi) is 6.84. The molecule has 0 spiro atoms. The molecule has 0 bridgehead atoms. The van der Waals surface area contributed by atoms with E-state index < -0.39 is 5.54 Å². The first-order valence-electron chi connectivity index (χ1n) is 11.2. The van der Waals surface area contributed by atoms with Gasteiger partial charge in [-0.3, -0.25) is 14.9 Å². The third-order valence-electron chi connectivity index (χ3n) is 6.02. The van der Waals surface area contributed by atoms with Gasteiger partial charge in [-0.15, -0.1) is 0 Å². The molecule has 33 heavy (non-hydrogen) atoms. The van der Waals surface area contributed by atoms with Crippen LogP contribution >= 0.6 is 0 Å². The summed E-state index contributed by atoms with van der Waals surface area (Å²) in [4.78, 5) is 29.9. The van der Waals surface area contributed by atoms with Crippen LogP contribution < -0.4 is 16.0 Å². The van der Waals surface area contributed by atoms with Gasteiger partial charge >= 0.3 is 0 Å². The van der Waals surface area contributed by atoms with Crippen LogP contribution in [0.15, 0.2) is 53.1 Å². The number of anilines is 1. The van der Waals surface area contributed by atoms with Crippen molar-refractivity contribution in [2.75, 3.05) is 11.9 Å². The molecule has 8 heteroatoms. The Balaban J connectivity index is 1.38. The molecule has 1 saturated carbocycles. The maximum absolute atomic E-state index is 12.8. The monoisotopic (exact) mass is 447 g/mol. The number of carbonyl (C=O) groups excluding carboxylic acids is 2. The SMILES string of the molecule is Cc1ccc(CNC(=O)c2ccccc2NC(=O)CNC2(c3noc(C)n3)CCCC2)cc1. The topological polar surface area (TPSA) is 109 Å². The molecule has 1 aromatic heterocycles. The van der Waals surface area contributed by atoms with Gasteiger partial charge in [-0.2, -0.15) is 4.98 Å². The Hall–Kier alpha value is -3.52. The zero-order chi connectivity index (χ0) is 23.3. The van der Waals surface area contributed by atoms with Crippen LogP contribution in [0.1, 0.15) is 58.9 Å². The second-order valence-electron chi connectivity index (χ2n) is 8.54. The van der Waals surface area contributed by atoms with Crippen LogP contribution in [-0.2, 0) is 16.9 Å². The lowest BCUT2D eigenvalue weighted by molar-refractivity contribution is -0.115. The van der Waals surface area contributed by atoms with Crippen molar-refractivity contribution in [2.24, 2.45) is 0 Å². The van der Waals surface area contributed by atoms with Gasteiger partial charge in [-0.05, 0) is 37.5 Å². The summed E-state index contributed by atoms with van der Waals surface area (Å²) in [6.45, 7) is 4.27. The fourth-order valence-electron chi connectivity index (χ4n) is 4.17. The van der Waals surface area contributed by atoms with E-state index in [0.717, 1.165) is 31.2 Å². The highest BCUT2D eigenvalue weighted by Gasteiger charge is 2.39. The Morgan fingerprint density at radius 1 is 1.03 bits per heavy atom. The minimum Gasteiger partial charge on any atom is -0.348 e. The first-order valence-corrected chi connectivity index (χ1v) is 11.2. The van der Waals surface area contributed by atoms with E-state index in [1.807, 2.05) is 31.2 Å². The third-order valence-corrected chi connectivity index (χ3v) is 6.02. The average Bonchev–Trinajstić information content (AvgIpc) is 3.47. The molecule has 172 valence electrons. The number of rotatable bonds is 8. The number of nitrogens with zero attached hydrogens (tertiary/aromatic N) is 2. The molecule has 1 fully saturated rings. The van der Waals surface area contributed by atoms with Gasteiger partial charge in [0.25, 0.3) is 5.91 Å².